The van der Waals surface area contributed by atoms with Crippen molar-refractivity contribution in [2.24, 2.45) is 5.92 Å². The topological polar surface area (TPSA) is 6.48 Å². The van der Waals surface area contributed by atoms with Gasteiger partial charge in [-0.2, -0.15) is 0 Å². The summed E-state index contributed by atoms with van der Waals surface area (Å²) in [6.07, 6.45) is 10.3. The Labute approximate surface area is 210 Å². The van der Waals surface area contributed by atoms with Gasteiger partial charge in [0.1, 0.15) is 6.17 Å². The van der Waals surface area contributed by atoms with Gasteiger partial charge in [-0.3, -0.25) is 0 Å². The number of para-hydroxylation sites is 1. The lowest BCUT2D eigenvalue weighted by Crippen LogP contribution is -2.49. The van der Waals surface area contributed by atoms with Crippen molar-refractivity contribution < 1.29 is 0 Å². The minimum atomic E-state index is -0.134. The summed E-state index contributed by atoms with van der Waals surface area (Å²) in [6, 6.07) is 27.0. The van der Waals surface area contributed by atoms with Crippen LogP contribution in [0.5, 0.6) is 0 Å². The van der Waals surface area contributed by atoms with E-state index in [-0.39, 0.29) is 11.7 Å². The Balaban J connectivity index is 1.64. The number of nitrogens with zero attached hydrogens (tertiary/aromatic N) is 2. The summed E-state index contributed by atoms with van der Waals surface area (Å²) in [5.41, 5.74) is 10.8. The minimum absolute atomic E-state index is 0.114. The fourth-order valence-electron chi connectivity index (χ4n) is 7.13. The van der Waals surface area contributed by atoms with E-state index in [0.29, 0.717) is 5.92 Å². The van der Waals surface area contributed by atoms with Gasteiger partial charge in [0.15, 0.2) is 0 Å². The normalized spacial score (nSPS) is 24.1. The molecule has 3 aliphatic rings. The molecule has 3 aromatic carbocycles. The van der Waals surface area contributed by atoms with Gasteiger partial charge in [-0.05, 0) is 80.9 Å². The third-order valence-corrected chi connectivity index (χ3v) is 8.76. The first kappa shape index (κ1) is 22.2. The van der Waals surface area contributed by atoms with Crippen LogP contribution < -0.4 is 4.90 Å². The lowest BCUT2D eigenvalue weighted by molar-refractivity contribution is 0.0927. The maximum atomic E-state index is 2.80. The summed E-state index contributed by atoms with van der Waals surface area (Å²) in [7, 11) is 0. The van der Waals surface area contributed by atoms with Gasteiger partial charge in [0.25, 0.3) is 0 Å². The molecule has 2 nitrogen and oxygen atoms in total. The SMILES string of the molecule is CC1=C2C=CC(c3ccccc3)(C3CCCC3)N2C(c2c(C)cccc2C)N1c1ccccc1C. The Morgan fingerprint density at radius 1 is 0.714 bits per heavy atom. The van der Waals surface area contributed by atoms with Crippen LogP contribution in [0.1, 0.15) is 66.6 Å². The van der Waals surface area contributed by atoms with E-state index in [2.05, 4.69) is 122 Å². The summed E-state index contributed by atoms with van der Waals surface area (Å²) >= 11 is 0. The molecule has 1 aliphatic carbocycles. The first-order valence-corrected chi connectivity index (χ1v) is 13.2. The molecule has 1 fully saturated rings. The Morgan fingerprint density at radius 3 is 2.03 bits per heavy atom. The predicted molar refractivity (Wildman–Crippen MR) is 146 cm³/mol. The second kappa shape index (κ2) is 8.45. The summed E-state index contributed by atoms with van der Waals surface area (Å²) in [6.45, 7) is 9.14. The molecule has 2 heteroatoms. The van der Waals surface area contributed by atoms with Crippen LogP contribution in [0.25, 0.3) is 0 Å². The monoisotopic (exact) mass is 460 g/mol. The number of anilines is 1. The molecule has 35 heavy (non-hydrogen) atoms. The van der Waals surface area contributed by atoms with Gasteiger partial charge >= 0.3 is 0 Å². The van der Waals surface area contributed by atoms with E-state index < -0.39 is 0 Å². The number of hydrogen-bond donors (Lipinski definition) is 0. The molecule has 2 aliphatic heterocycles. The second-order valence-electron chi connectivity index (χ2n) is 10.7. The van der Waals surface area contributed by atoms with Crippen LogP contribution in [0.15, 0.2) is 96.3 Å². The number of aryl methyl sites for hydroxylation is 3. The third-order valence-electron chi connectivity index (χ3n) is 8.76. The average molecular weight is 461 g/mol. The average Bonchev–Trinajstić information content (AvgIpc) is 3.59. The van der Waals surface area contributed by atoms with Gasteiger partial charge in [-0.1, -0.05) is 85.6 Å². The van der Waals surface area contributed by atoms with Gasteiger partial charge in [0.2, 0.25) is 0 Å². The number of benzene rings is 3. The highest BCUT2D eigenvalue weighted by molar-refractivity contribution is 5.66. The number of allylic oxidation sites excluding steroid dienone is 2. The van der Waals surface area contributed by atoms with Crippen molar-refractivity contribution in [1.29, 1.82) is 0 Å². The highest BCUT2D eigenvalue weighted by Crippen LogP contribution is 2.59. The van der Waals surface area contributed by atoms with Crippen molar-refractivity contribution >= 4 is 5.69 Å². The van der Waals surface area contributed by atoms with Crippen LogP contribution in [0.3, 0.4) is 0 Å². The zero-order valence-electron chi connectivity index (χ0n) is 21.5. The van der Waals surface area contributed by atoms with E-state index in [4.69, 9.17) is 0 Å². The molecule has 0 spiro atoms. The van der Waals surface area contributed by atoms with Crippen LogP contribution in [-0.2, 0) is 5.54 Å². The van der Waals surface area contributed by atoms with Crippen molar-refractivity contribution in [3.05, 3.63) is 124 Å². The molecule has 6 rings (SSSR count). The largest absolute Gasteiger partial charge is 0.332 e. The van der Waals surface area contributed by atoms with Crippen molar-refractivity contribution in [2.75, 3.05) is 4.90 Å². The van der Waals surface area contributed by atoms with E-state index >= 15 is 0 Å². The van der Waals surface area contributed by atoms with Gasteiger partial charge < -0.3 is 9.80 Å². The number of hydrogen-bond acceptors (Lipinski definition) is 2. The standard InChI is InChI=1S/C33H36N2/c1-23-13-8-11-20-29(23)34-26(4)30-21-22-33(28-18-9-10-19-28,27-16-6-5-7-17-27)35(30)32(34)31-24(2)14-12-15-25(31)3/h5-8,11-17,20-22,28,32H,9-10,18-19H2,1-4H3. The Kier molecular flexibility index (Phi) is 5.36. The first-order valence-electron chi connectivity index (χ1n) is 13.2. The summed E-state index contributed by atoms with van der Waals surface area (Å²) in [5.74, 6) is 0.607. The van der Waals surface area contributed by atoms with Crippen LogP contribution in [-0.4, -0.2) is 4.90 Å². The molecule has 0 saturated heterocycles. The summed E-state index contributed by atoms with van der Waals surface area (Å²) in [5, 5.41) is 0. The smallest absolute Gasteiger partial charge is 0.134 e. The Hall–Kier alpha value is -3.26. The molecule has 0 radical (unpaired) electrons. The fraction of sp³-hybridized carbons (Fsp3) is 0.333. The van der Waals surface area contributed by atoms with Crippen molar-refractivity contribution in [3.8, 4) is 0 Å². The van der Waals surface area contributed by atoms with E-state index in [1.807, 2.05) is 0 Å². The molecule has 0 N–H and O–H groups in total. The fourth-order valence-corrected chi connectivity index (χ4v) is 7.13. The number of fused-ring (bicyclic) bond motifs is 1. The van der Waals surface area contributed by atoms with Crippen molar-refractivity contribution in [3.63, 3.8) is 0 Å². The lowest BCUT2D eigenvalue weighted by atomic mass is 9.76. The van der Waals surface area contributed by atoms with Crippen LogP contribution in [0.2, 0.25) is 0 Å². The second-order valence-corrected chi connectivity index (χ2v) is 10.7. The van der Waals surface area contributed by atoms with Crippen molar-refractivity contribution in [2.45, 2.75) is 65.1 Å². The summed E-state index contributed by atoms with van der Waals surface area (Å²) in [4.78, 5) is 5.42. The highest BCUT2D eigenvalue weighted by atomic mass is 15.5. The maximum Gasteiger partial charge on any atom is 0.134 e. The maximum absolute atomic E-state index is 2.80. The quantitative estimate of drug-likeness (QED) is 0.386. The third kappa shape index (κ3) is 3.22. The van der Waals surface area contributed by atoms with Crippen LogP contribution >= 0.6 is 0 Å². The minimum Gasteiger partial charge on any atom is -0.332 e. The molecule has 178 valence electrons. The number of rotatable bonds is 4. The molecule has 2 atom stereocenters. The molecule has 1 saturated carbocycles. The molecule has 0 amide bonds. The van der Waals surface area contributed by atoms with E-state index in [1.54, 1.807) is 0 Å². The molecular formula is C33H36N2. The molecule has 0 bridgehead atoms. The van der Waals surface area contributed by atoms with Crippen molar-refractivity contribution in [1.82, 2.24) is 4.90 Å². The van der Waals surface area contributed by atoms with Gasteiger partial charge in [-0.25, -0.2) is 0 Å². The molecular weight excluding hydrogens is 424 g/mol. The first-order chi connectivity index (χ1) is 17.0. The molecule has 3 aromatic rings. The zero-order chi connectivity index (χ0) is 24.2. The van der Waals surface area contributed by atoms with Gasteiger partial charge in [0.05, 0.1) is 11.2 Å². The zero-order valence-corrected chi connectivity index (χ0v) is 21.5. The van der Waals surface area contributed by atoms with Crippen LogP contribution in [0, 0.1) is 26.7 Å². The lowest BCUT2D eigenvalue weighted by Gasteiger charge is -2.49. The van der Waals surface area contributed by atoms with Gasteiger partial charge in [-0.15, -0.1) is 0 Å². The summed E-state index contributed by atoms with van der Waals surface area (Å²) < 4.78 is 0. The predicted octanol–water partition coefficient (Wildman–Crippen LogP) is 8.32. The van der Waals surface area contributed by atoms with E-state index in [0.717, 1.165) is 0 Å². The molecule has 2 heterocycles. The van der Waals surface area contributed by atoms with Crippen LogP contribution in [0.4, 0.5) is 5.69 Å². The molecule has 2 unspecified atom stereocenters. The Morgan fingerprint density at radius 2 is 1.34 bits per heavy atom. The molecule has 0 aromatic heterocycles. The Bertz CT molecular complexity index is 1290. The van der Waals surface area contributed by atoms with E-state index in [1.165, 1.54) is 70.6 Å². The van der Waals surface area contributed by atoms with Gasteiger partial charge in [0, 0.05) is 16.9 Å². The van der Waals surface area contributed by atoms with E-state index in [9.17, 15) is 0 Å². The highest BCUT2D eigenvalue weighted by Gasteiger charge is 2.55.